The fourth-order valence-corrected chi connectivity index (χ4v) is 4.03. The van der Waals surface area contributed by atoms with Crippen LogP contribution in [0.5, 0.6) is 5.75 Å². The zero-order valence-corrected chi connectivity index (χ0v) is 20.5. The van der Waals surface area contributed by atoms with E-state index in [9.17, 15) is 4.79 Å². The van der Waals surface area contributed by atoms with Crippen molar-refractivity contribution in [2.45, 2.75) is 51.1 Å². The van der Waals surface area contributed by atoms with Crippen LogP contribution in [0.1, 0.15) is 44.7 Å². The van der Waals surface area contributed by atoms with E-state index in [2.05, 4.69) is 65.4 Å². The molecule has 0 aliphatic carbocycles. The Bertz CT molecular complexity index is 829. The second-order valence-corrected chi connectivity index (χ2v) is 9.48. The minimum atomic E-state index is -0.327. The summed E-state index contributed by atoms with van der Waals surface area (Å²) in [5.74, 6) is 1.70. The van der Waals surface area contributed by atoms with E-state index < -0.39 is 0 Å². The third-order valence-electron chi connectivity index (χ3n) is 4.82. The minimum Gasteiger partial charge on any atom is -0.493 e. The molecule has 10 heteroatoms. The lowest BCUT2D eigenvalue weighted by atomic mass is 9.81. The third-order valence-corrected chi connectivity index (χ3v) is 6.38. The van der Waals surface area contributed by atoms with E-state index in [1.807, 2.05) is 6.07 Å². The van der Waals surface area contributed by atoms with Crippen LogP contribution in [-0.2, 0) is 10.2 Å². The average molecular weight is 468 g/mol. The van der Waals surface area contributed by atoms with Crippen LogP contribution >= 0.6 is 23.3 Å². The van der Waals surface area contributed by atoms with E-state index in [0.29, 0.717) is 36.5 Å². The van der Waals surface area contributed by atoms with E-state index in [4.69, 9.17) is 9.47 Å². The number of aryl methyl sites for hydroxylation is 1. The van der Waals surface area contributed by atoms with Gasteiger partial charge in [0.1, 0.15) is 5.75 Å². The summed E-state index contributed by atoms with van der Waals surface area (Å²) in [6, 6.07) is 5.98. The first-order valence-electron chi connectivity index (χ1n) is 10.3. The first-order valence-corrected chi connectivity index (χ1v) is 12.1. The first-order chi connectivity index (χ1) is 14.9. The number of rotatable bonds is 13. The number of hydrogen-bond donors (Lipinski definition) is 3. The van der Waals surface area contributed by atoms with Crippen molar-refractivity contribution in [2.75, 3.05) is 38.0 Å². The van der Waals surface area contributed by atoms with Crippen LogP contribution in [0.2, 0.25) is 0 Å². The number of amides is 2. The minimum absolute atomic E-state index is 0.0536. The van der Waals surface area contributed by atoms with Crippen LogP contribution in [0, 0.1) is 6.92 Å². The Kier molecular flexibility index (Phi) is 10.4. The number of benzene rings is 1. The highest BCUT2D eigenvalue weighted by atomic mass is 32.2. The van der Waals surface area contributed by atoms with Gasteiger partial charge >= 0.3 is 6.03 Å². The molecule has 3 N–H and O–H groups in total. The largest absolute Gasteiger partial charge is 0.493 e. The number of carbonyl (C=O) groups is 1. The van der Waals surface area contributed by atoms with E-state index in [-0.39, 0.29) is 11.4 Å². The molecule has 0 spiro atoms. The third kappa shape index (κ3) is 8.54. The number of nitrogens with zero attached hydrogens (tertiary/aromatic N) is 2. The summed E-state index contributed by atoms with van der Waals surface area (Å²) in [6.45, 7) is 10.4. The van der Waals surface area contributed by atoms with Crippen LogP contribution in [0.4, 0.5) is 9.93 Å². The molecule has 172 valence electrons. The molecule has 31 heavy (non-hydrogen) atoms. The van der Waals surface area contributed by atoms with Crippen LogP contribution in [0.3, 0.4) is 0 Å². The Morgan fingerprint density at radius 3 is 2.84 bits per heavy atom. The summed E-state index contributed by atoms with van der Waals surface area (Å²) in [4.78, 5) is 16.2. The highest BCUT2D eigenvalue weighted by Gasteiger charge is 2.22. The van der Waals surface area contributed by atoms with Gasteiger partial charge < -0.3 is 14.8 Å². The van der Waals surface area contributed by atoms with Crippen molar-refractivity contribution in [3.63, 3.8) is 0 Å². The predicted octanol–water partition coefficient (Wildman–Crippen LogP) is 4.37. The smallest absolute Gasteiger partial charge is 0.333 e. The summed E-state index contributed by atoms with van der Waals surface area (Å²) in [5, 5.41) is 3.98. The van der Waals surface area contributed by atoms with Crippen molar-refractivity contribution in [3.8, 4) is 5.75 Å². The van der Waals surface area contributed by atoms with Gasteiger partial charge in [0.25, 0.3) is 0 Å². The van der Waals surface area contributed by atoms with Crippen LogP contribution in [0.25, 0.3) is 0 Å². The molecule has 2 rings (SSSR count). The van der Waals surface area contributed by atoms with Crippen molar-refractivity contribution in [2.24, 2.45) is 0 Å². The number of hydrazine groups is 1. The van der Waals surface area contributed by atoms with E-state index >= 15 is 0 Å². The molecule has 1 heterocycles. The highest BCUT2D eigenvalue weighted by molar-refractivity contribution is 7.99. The van der Waals surface area contributed by atoms with Gasteiger partial charge in [0.2, 0.25) is 10.3 Å². The molecule has 0 fully saturated rings. The molecule has 2 amide bonds. The average Bonchev–Trinajstić information content (AvgIpc) is 3.21. The molecule has 0 radical (unpaired) electrons. The Labute approximate surface area is 193 Å². The SMILES string of the molecule is CCC(C)(C)c1cc(C)ccc1OCCCNC(=O)NNc1nc(SCCOC)ns1. The molecular weight excluding hydrogens is 434 g/mol. The molecule has 0 unspecified atom stereocenters. The van der Waals surface area contributed by atoms with Gasteiger partial charge in [-0.1, -0.05) is 50.2 Å². The summed E-state index contributed by atoms with van der Waals surface area (Å²) >= 11 is 2.69. The molecular formula is C21H33N5O3S2. The Morgan fingerprint density at radius 2 is 2.10 bits per heavy atom. The topological polar surface area (TPSA) is 97.4 Å². The van der Waals surface area contributed by atoms with Crippen molar-refractivity contribution in [3.05, 3.63) is 29.3 Å². The van der Waals surface area contributed by atoms with E-state index in [1.54, 1.807) is 7.11 Å². The second-order valence-electron chi connectivity index (χ2n) is 7.67. The number of nitrogens with one attached hydrogen (secondary N) is 3. The number of carbonyl (C=O) groups excluding carboxylic acids is 1. The quantitative estimate of drug-likeness (QED) is 0.229. The van der Waals surface area contributed by atoms with E-state index in [0.717, 1.165) is 17.9 Å². The Morgan fingerprint density at radius 1 is 1.29 bits per heavy atom. The van der Waals surface area contributed by atoms with Gasteiger partial charge in [-0.3, -0.25) is 5.43 Å². The molecule has 0 aliphatic heterocycles. The van der Waals surface area contributed by atoms with Gasteiger partial charge in [-0.05, 0) is 36.8 Å². The zero-order valence-electron chi connectivity index (χ0n) is 18.9. The molecule has 0 bridgehead atoms. The van der Waals surface area contributed by atoms with Gasteiger partial charge in [0.05, 0.1) is 13.2 Å². The summed E-state index contributed by atoms with van der Waals surface area (Å²) in [6.07, 6.45) is 1.73. The molecule has 2 aromatic rings. The molecule has 0 saturated carbocycles. The van der Waals surface area contributed by atoms with Crippen molar-refractivity contribution in [1.29, 1.82) is 0 Å². The van der Waals surface area contributed by atoms with Crippen LogP contribution in [0.15, 0.2) is 23.4 Å². The van der Waals surface area contributed by atoms with Crippen LogP contribution < -0.4 is 20.9 Å². The fourth-order valence-electron chi connectivity index (χ4n) is 2.64. The first kappa shape index (κ1) is 25.2. The monoisotopic (exact) mass is 467 g/mol. The number of urea groups is 1. The van der Waals surface area contributed by atoms with Gasteiger partial charge in [-0.2, -0.15) is 9.36 Å². The van der Waals surface area contributed by atoms with Gasteiger partial charge in [-0.25, -0.2) is 10.2 Å². The number of methoxy groups -OCH3 is 1. The molecule has 0 atom stereocenters. The number of anilines is 1. The molecule has 0 saturated heterocycles. The summed E-state index contributed by atoms with van der Waals surface area (Å²) in [5.41, 5.74) is 7.83. The molecule has 0 aliphatic rings. The lowest BCUT2D eigenvalue weighted by Gasteiger charge is -2.26. The molecule has 1 aromatic heterocycles. The zero-order chi connectivity index (χ0) is 22.7. The second kappa shape index (κ2) is 12.7. The maximum atomic E-state index is 11.9. The summed E-state index contributed by atoms with van der Waals surface area (Å²) in [7, 11) is 1.66. The number of ether oxygens (including phenoxy) is 2. The lowest BCUT2D eigenvalue weighted by molar-refractivity contribution is 0.218. The van der Waals surface area contributed by atoms with Crippen molar-refractivity contribution >= 4 is 34.5 Å². The molecule has 1 aromatic carbocycles. The maximum absolute atomic E-state index is 11.9. The standard InChI is InChI=1S/C21H33N5O3S2/c1-6-21(3,4)16-14-15(2)8-9-17(16)29-11-7-10-22-18(27)24-25-19-23-20(26-31-19)30-13-12-28-5/h8-9,14H,6-7,10-13H2,1-5H3,(H2,22,24,27)(H,23,25,26). The highest BCUT2D eigenvalue weighted by Crippen LogP contribution is 2.34. The van der Waals surface area contributed by atoms with Gasteiger partial charge in [-0.15, -0.1) is 0 Å². The fraction of sp³-hybridized carbons (Fsp3) is 0.571. The maximum Gasteiger partial charge on any atom is 0.333 e. The van der Waals surface area contributed by atoms with Crippen molar-refractivity contribution < 1.29 is 14.3 Å². The number of thioether (sulfide) groups is 1. The number of aromatic nitrogens is 2. The van der Waals surface area contributed by atoms with Gasteiger partial charge in [0, 0.05) is 30.9 Å². The van der Waals surface area contributed by atoms with Crippen molar-refractivity contribution in [1.82, 2.24) is 20.1 Å². The van der Waals surface area contributed by atoms with Crippen LogP contribution in [-0.4, -0.2) is 48.0 Å². The molecule has 8 nitrogen and oxygen atoms in total. The van der Waals surface area contributed by atoms with Gasteiger partial charge in [0.15, 0.2) is 0 Å². The lowest BCUT2D eigenvalue weighted by Crippen LogP contribution is -2.39. The Hall–Kier alpha value is -2.04. The summed E-state index contributed by atoms with van der Waals surface area (Å²) < 4.78 is 15.2. The number of hydrogen-bond acceptors (Lipinski definition) is 8. The predicted molar refractivity (Wildman–Crippen MR) is 127 cm³/mol. The normalized spacial score (nSPS) is 11.3. The Balaban J connectivity index is 1.68. The van der Waals surface area contributed by atoms with E-state index in [1.165, 1.54) is 34.4 Å².